The third-order valence-electron chi connectivity index (χ3n) is 3.29. The monoisotopic (exact) mass is 302 g/mol. The summed E-state index contributed by atoms with van der Waals surface area (Å²) in [5, 5.41) is 4.19. The van der Waals surface area contributed by atoms with E-state index >= 15 is 0 Å². The van der Waals surface area contributed by atoms with Gasteiger partial charge < -0.3 is 10.2 Å². The Balaban J connectivity index is 2.02. The van der Waals surface area contributed by atoms with Crippen molar-refractivity contribution in [3.63, 3.8) is 0 Å². The molecule has 96 valence electrons. The van der Waals surface area contributed by atoms with E-state index in [9.17, 15) is 8.42 Å². The lowest BCUT2D eigenvalue weighted by molar-refractivity contribution is 0.600. The van der Waals surface area contributed by atoms with Gasteiger partial charge in [0.15, 0.2) is 14.9 Å². The summed E-state index contributed by atoms with van der Waals surface area (Å²) in [6.07, 6.45) is 0. The number of nitrogens with zero attached hydrogens (tertiary/aromatic N) is 1. The van der Waals surface area contributed by atoms with E-state index in [1.807, 2.05) is 23.1 Å². The molecule has 2 fully saturated rings. The number of anilines is 1. The number of benzene rings is 1. The van der Waals surface area contributed by atoms with Crippen LogP contribution in [0.3, 0.4) is 0 Å². The molecule has 1 aromatic rings. The van der Waals surface area contributed by atoms with Gasteiger partial charge in [0.25, 0.3) is 0 Å². The maximum atomic E-state index is 11.7. The van der Waals surface area contributed by atoms with Crippen molar-refractivity contribution in [2.24, 2.45) is 0 Å². The molecule has 1 N–H and O–H groups in total. The average Bonchev–Trinajstić information content (AvgIpc) is 2.70. The van der Waals surface area contributed by atoms with Crippen molar-refractivity contribution in [2.45, 2.75) is 12.1 Å². The van der Waals surface area contributed by atoms with Gasteiger partial charge in [-0.3, -0.25) is 0 Å². The normalized spacial score (nSPS) is 29.2. The van der Waals surface area contributed by atoms with Crippen molar-refractivity contribution >= 4 is 44.5 Å². The summed E-state index contributed by atoms with van der Waals surface area (Å²) in [5.41, 5.74) is 0.765. The Labute approximate surface area is 116 Å². The van der Waals surface area contributed by atoms with Crippen LogP contribution in [0.1, 0.15) is 0 Å². The summed E-state index contributed by atoms with van der Waals surface area (Å²) < 4.78 is 23.3. The van der Waals surface area contributed by atoms with Gasteiger partial charge in [-0.05, 0) is 24.4 Å². The van der Waals surface area contributed by atoms with E-state index in [1.54, 1.807) is 6.07 Å². The zero-order chi connectivity index (χ0) is 12.9. The Hall–Kier alpha value is -0.850. The van der Waals surface area contributed by atoms with Gasteiger partial charge >= 0.3 is 0 Å². The largest absolute Gasteiger partial charge is 0.356 e. The predicted molar refractivity (Wildman–Crippen MR) is 75.9 cm³/mol. The number of thiocarbonyl (C=S) groups is 1. The summed E-state index contributed by atoms with van der Waals surface area (Å²) >= 11 is 11.4. The number of nitrogens with one attached hydrogen (secondary N) is 1. The molecule has 0 bridgehead atoms. The van der Waals surface area contributed by atoms with Gasteiger partial charge in [0.2, 0.25) is 0 Å². The molecule has 0 radical (unpaired) electrons. The van der Waals surface area contributed by atoms with Crippen molar-refractivity contribution in [1.29, 1.82) is 0 Å². The van der Waals surface area contributed by atoms with Gasteiger partial charge in [-0.2, -0.15) is 0 Å². The first-order valence-electron chi connectivity index (χ1n) is 5.53. The number of halogens is 1. The number of hydrogen-bond donors (Lipinski definition) is 1. The lowest BCUT2D eigenvalue weighted by atomic mass is 10.1. The van der Waals surface area contributed by atoms with Crippen molar-refractivity contribution in [2.75, 3.05) is 16.4 Å². The molecule has 0 saturated carbocycles. The molecule has 2 aliphatic heterocycles. The first-order chi connectivity index (χ1) is 8.48. The predicted octanol–water partition coefficient (Wildman–Crippen LogP) is 1.20. The second-order valence-electron chi connectivity index (χ2n) is 4.52. The van der Waals surface area contributed by atoms with Crippen LogP contribution < -0.4 is 10.2 Å². The zero-order valence-corrected chi connectivity index (χ0v) is 11.7. The molecule has 0 aliphatic carbocycles. The Morgan fingerprint density at radius 1 is 1.33 bits per heavy atom. The summed E-state index contributed by atoms with van der Waals surface area (Å²) in [6.45, 7) is 0. The highest BCUT2D eigenvalue weighted by Crippen LogP contribution is 2.33. The maximum Gasteiger partial charge on any atom is 0.174 e. The third-order valence-corrected chi connectivity index (χ3v) is 5.64. The summed E-state index contributed by atoms with van der Waals surface area (Å²) in [4.78, 5) is 1.83. The molecule has 4 nitrogen and oxygen atoms in total. The van der Waals surface area contributed by atoms with Gasteiger partial charge in [0, 0.05) is 0 Å². The highest BCUT2D eigenvalue weighted by molar-refractivity contribution is 7.91. The smallest absolute Gasteiger partial charge is 0.174 e. The van der Waals surface area contributed by atoms with Crippen LogP contribution in [0.5, 0.6) is 0 Å². The Morgan fingerprint density at radius 2 is 2.06 bits per heavy atom. The highest BCUT2D eigenvalue weighted by Gasteiger charge is 2.47. The van der Waals surface area contributed by atoms with Gasteiger partial charge in [-0.25, -0.2) is 8.42 Å². The fourth-order valence-electron chi connectivity index (χ4n) is 2.54. The maximum absolute atomic E-state index is 11.7. The lowest BCUT2D eigenvalue weighted by Crippen LogP contribution is -2.36. The minimum absolute atomic E-state index is 0.121. The Bertz CT molecular complexity index is 617. The van der Waals surface area contributed by atoms with E-state index in [0.717, 1.165) is 5.69 Å². The van der Waals surface area contributed by atoms with E-state index < -0.39 is 9.84 Å². The molecular weight excluding hydrogens is 292 g/mol. The first kappa shape index (κ1) is 12.2. The number of para-hydroxylation sites is 1. The summed E-state index contributed by atoms with van der Waals surface area (Å²) in [7, 11) is -2.99. The van der Waals surface area contributed by atoms with E-state index in [-0.39, 0.29) is 23.6 Å². The van der Waals surface area contributed by atoms with Gasteiger partial charge in [0.1, 0.15) is 0 Å². The quantitative estimate of drug-likeness (QED) is 0.790. The van der Waals surface area contributed by atoms with Crippen LogP contribution in [0, 0.1) is 0 Å². The van der Waals surface area contributed by atoms with Crippen LogP contribution in [0.4, 0.5) is 5.69 Å². The van der Waals surface area contributed by atoms with E-state index in [0.29, 0.717) is 10.1 Å². The molecule has 3 rings (SSSR count). The van der Waals surface area contributed by atoms with E-state index in [1.165, 1.54) is 0 Å². The summed E-state index contributed by atoms with van der Waals surface area (Å²) in [5.74, 6) is 0.259. The van der Waals surface area contributed by atoms with Crippen molar-refractivity contribution < 1.29 is 8.42 Å². The molecule has 2 heterocycles. The fraction of sp³-hybridized carbons (Fsp3) is 0.364. The van der Waals surface area contributed by atoms with Gasteiger partial charge in [-0.1, -0.05) is 23.7 Å². The summed E-state index contributed by atoms with van der Waals surface area (Å²) in [6, 6.07) is 7.04. The molecule has 2 saturated heterocycles. The average molecular weight is 303 g/mol. The number of rotatable bonds is 1. The molecule has 2 aliphatic rings. The van der Waals surface area contributed by atoms with Gasteiger partial charge in [-0.15, -0.1) is 0 Å². The van der Waals surface area contributed by atoms with Crippen LogP contribution in [0.25, 0.3) is 0 Å². The van der Waals surface area contributed by atoms with Crippen molar-refractivity contribution in [3.8, 4) is 0 Å². The molecule has 7 heteroatoms. The van der Waals surface area contributed by atoms with Crippen molar-refractivity contribution in [1.82, 2.24) is 5.32 Å². The second kappa shape index (κ2) is 4.08. The highest BCUT2D eigenvalue weighted by atomic mass is 35.5. The molecule has 0 unspecified atom stereocenters. The molecular formula is C11H11ClN2O2S2. The minimum atomic E-state index is -2.99. The Morgan fingerprint density at radius 3 is 2.78 bits per heavy atom. The van der Waals surface area contributed by atoms with Crippen LogP contribution in [0.15, 0.2) is 24.3 Å². The zero-order valence-electron chi connectivity index (χ0n) is 9.34. The standard InChI is InChI=1S/C11H11ClN2O2S2/c12-7-3-1-2-4-9(7)14-10-6-18(15,16)5-8(10)13-11(14)17/h1-4,8,10H,5-6H2,(H,13,17)/t8-,10-/m0/s1. The molecule has 18 heavy (non-hydrogen) atoms. The number of sulfone groups is 1. The topological polar surface area (TPSA) is 49.4 Å². The number of hydrogen-bond acceptors (Lipinski definition) is 3. The van der Waals surface area contributed by atoms with Crippen molar-refractivity contribution in [3.05, 3.63) is 29.3 Å². The minimum Gasteiger partial charge on any atom is -0.356 e. The molecule has 0 spiro atoms. The van der Waals surface area contributed by atoms with Crippen LogP contribution in [0.2, 0.25) is 5.02 Å². The molecule has 2 atom stereocenters. The molecule has 0 aromatic heterocycles. The second-order valence-corrected chi connectivity index (χ2v) is 7.47. The van der Waals surface area contributed by atoms with E-state index in [2.05, 4.69) is 5.32 Å². The number of fused-ring (bicyclic) bond motifs is 1. The molecule has 1 aromatic carbocycles. The Kier molecular flexibility index (Phi) is 2.76. The van der Waals surface area contributed by atoms with Crippen LogP contribution >= 0.6 is 23.8 Å². The van der Waals surface area contributed by atoms with Crippen LogP contribution in [-0.4, -0.2) is 37.1 Å². The SMILES string of the molecule is O=S1(=O)C[C@@H]2NC(=S)N(c3ccccc3Cl)[C@H]2C1. The lowest BCUT2D eigenvalue weighted by Gasteiger charge is -2.24. The molecule has 0 amide bonds. The van der Waals surface area contributed by atoms with E-state index in [4.69, 9.17) is 23.8 Å². The third kappa shape index (κ3) is 1.88. The fourth-order valence-corrected chi connectivity index (χ4v) is 5.04. The first-order valence-corrected chi connectivity index (χ1v) is 8.13. The van der Waals surface area contributed by atoms with Gasteiger partial charge in [0.05, 0.1) is 34.3 Å². The van der Waals surface area contributed by atoms with Crippen LogP contribution in [-0.2, 0) is 9.84 Å².